The van der Waals surface area contributed by atoms with Crippen LogP contribution in [0.1, 0.15) is 34.3 Å². The topological polar surface area (TPSA) is 95.9 Å². The lowest BCUT2D eigenvalue weighted by molar-refractivity contribution is -0.141. The third-order valence-electron chi connectivity index (χ3n) is 6.11. The molecule has 3 aromatic rings. The molecule has 0 saturated carbocycles. The van der Waals surface area contributed by atoms with Gasteiger partial charge in [-0.05, 0) is 56.4 Å². The zero-order chi connectivity index (χ0) is 25.1. The molecule has 1 atom stereocenters. The fraction of sp³-hybridized carbons (Fsp3) is 0.222. The van der Waals surface area contributed by atoms with Gasteiger partial charge >= 0.3 is 12.1 Å². The van der Waals surface area contributed by atoms with Gasteiger partial charge < -0.3 is 14.7 Å². The Bertz CT molecular complexity index is 1250. The highest BCUT2D eigenvalue weighted by Gasteiger charge is 2.29. The number of aliphatic carboxylic acids is 1. The van der Waals surface area contributed by atoms with Gasteiger partial charge in [-0.15, -0.1) is 0 Å². The van der Waals surface area contributed by atoms with Crippen LogP contribution in [0, 0.1) is 5.92 Å². The van der Waals surface area contributed by atoms with Crippen LogP contribution < -0.4 is 5.32 Å². The predicted molar refractivity (Wildman–Crippen MR) is 137 cm³/mol. The van der Waals surface area contributed by atoms with E-state index < -0.39 is 18.0 Å². The van der Waals surface area contributed by atoms with E-state index in [1.54, 1.807) is 32.2 Å². The number of hydrogen-bond donors (Lipinski definition) is 2. The Morgan fingerprint density at radius 3 is 2.20 bits per heavy atom. The van der Waals surface area contributed by atoms with Crippen LogP contribution in [0.3, 0.4) is 0 Å². The molecule has 8 heteroatoms. The smallest absolute Gasteiger partial charge is 0.411 e. The molecule has 7 nitrogen and oxygen atoms in total. The fourth-order valence-corrected chi connectivity index (χ4v) is 4.76. The summed E-state index contributed by atoms with van der Waals surface area (Å²) in [5.41, 5.74) is 5.40. The molecule has 0 aromatic heterocycles. The molecule has 0 radical (unpaired) electrons. The number of hydrogen-bond acceptors (Lipinski definition) is 4. The van der Waals surface area contributed by atoms with Gasteiger partial charge in [0, 0.05) is 29.5 Å². The minimum absolute atomic E-state index is 0.0414. The van der Waals surface area contributed by atoms with Crippen molar-refractivity contribution in [1.82, 2.24) is 4.90 Å². The Kier molecular flexibility index (Phi) is 7.21. The normalized spacial score (nSPS) is 12.9. The fourth-order valence-electron chi connectivity index (χ4n) is 4.29. The quantitative estimate of drug-likeness (QED) is 0.409. The number of benzene rings is 3. The maximum Gasteiger partial charge on any atom is 0.411 e. The van der Waals surface area contributed by atoms with Crippen LogP contribution in [-0.4, -0.2) is 48.2 Å². The van der Waals surface area contributed by atoms with Crippen molar-refractivity contribution in [1.29, 1.82) is 0 Å². The third kappa shape index (κ3) is 5.22. The van der Waals surface area contributed by atoms with Gasteiger partial charge in [0.15, 0.2) is 0 Å². The number of carbonyl (C=O) groups excluding carboxylic acids is 2. The van der Waals surface area contributed by atoms with Gasteiger partial charge in [0.2, 0.25) is 0 Å². The zero-order valence-corrected chi connectivity index (χ0v) is 20.9. The predicted octanol–water partition coefficient (Wildman–Crippen LogP) is 5.60. The second-order valence-corrected chi connectivity index (χ2v) is 9.42. The molecular formula is C27H25BrN2O5. The van der Waals surface area contributed by atoms with Crippen molar-refractivity contribution in [3.05, 3.63) is 87.9 Å². The number of halogens is 1. The maximum absolute atomic E-state index is 12.6. The van der Waals surface area contributed by atoms with Gasteiger partial charge in [0.25, 0.3) is 5.91 Å². The van der Waals surface area contributed by atoms with Gasteiger partial charge in [-0.3, -0.25) is 14.9 Å². The summed E-state index contributed by atoms with van der Waals surface area (Å²) in [7, 11) is 1.55. The SMILES string of the molecule is CC(CN(C)C(=O)c1ccc(NC(=O)OCC2c3ccccc3-c3ccccc32)c(Br)c1)C(=O)O. The van der Waals surface area contributed by atoms with Gasteiger partial charge in [-0.25, -0.2) is 4.79 Å². The van der Waals surface area contributed by atoms with Crippen molar-refractivity contribution in [2.24, 2.45) is 5.92 Å². The lowest BCUT2D eigenvalue weighted by Gasteiger charge is -2.20. The minimum Gasteiger partial charge on any atom is -0.481 e. The molecule has 1 aliphatic carbocycles. The Morgan fingerprint density at radius 2 is 1.63 bits per heavy atom. The Hall–Kier alpha value is -3.65. The molecule has 2 amide bonds. The first kappa shape index (κ1) is 24.5. The largest absolute Gasteiger partial charge is 0.481 e. The van der Waals surface area contributed by atoms with Crippen LogP contribution in [0.2, 0.25) is 0 Å². The summed E-state index contributed by atoms with van der Waals surface area (Å²) >= 11 is 3.39. The average molecular weight is 537 g/mol. The number of fused-ring (bicyclic) bond motifs is 3. The van der Waals surface area contributed by atoms with Gasteiger partial charge in [0.1, 0.15) is 6.61 Å². The lowest BCUT2D eigenvalue weighted by atomic mass is 9.98. The molecule has 0 saturated heterocycles. The summed E-state index contributed by atoms with van der Waals surface area (Å²) < 4.78 is 6.09. The Labute approximate surface area is 211 Å². The third-order valence-corrected chi connectivity index (χ3v) is 6.77. The van der Waals surface area contributed by atoms with E-state index in [1.165, 1.54) is 4.90 Å². The molecule has 2 N–H and O–H groups in total. The van der Waals surface area contributed by atoms with Crippen molar-refractivity contribution >= 4 is 39.6 Å². The molecule has 0 fully saturated rings. The molecule has 1 aliphatic rings. The highest BCUT2D eigenvalue weighted by Crippen LogP contribution is 2.44. The molecule has 0 aliphatic heterocycles. The number of ether oxygens (including phenoxy) is 1. The molecule has 0 spiro atoms. The summed E-state index contributed by atoms with van der Waals surface area (Å²) in [4.78, 5) is 37.6. The van der Waals surface area contributed by atoms with E-state index in [9.17, 15) is 14.4 Å². The zero-order valence-electron chi connectivity index (χ0n) is 19.3. The van der Waals surface area contributed by atoms with Gasteiger partial charge in [-0.1, -0.05) is 55.5 Å². The minimum atomic E-state index is -0.964. The molecule has 180 valence electrons. The number of nitrogens with one attached hydrogen (secondary N) is 1. The van der Waals surface area contributed by atoms with Crippen molar-refractivity contribution in [2.45, 2.75) is 12.8 Å². The van der Waals surface area contributed by atoms with Crippen LogP contribution in [0.15, 0.2) is 71.2 Å². The molecule has 0 bridgehead atoms. The van der Waals surface area contributed by atoms with Gasteiger partial charge in [-0.2, -0.15) is 0 Å². The van der Waals surface area contributed by atoms with E-state index in [4.69, 9.17) is 9.84 Å². The Morgan fingerprint density at radius 1 is 1.03 bits per heavy atom. The highest BCUT2D eigenvalue weighted by atomic mass is 79.9. The summed E-state index contributed by atoms with van der Waals surface area (Å²) in [5, 5.41) is 11.8. The highest BCUT2D eigenvalue weighted by molar-refractivity contribution is 9.10. The number of carboxylic acids is 1. The molecular weight excluding hydrogens is 512 g/mol. The number of carbonyl (C=O) groups is 3. The first-order valence-electron chi connectivity index (χ1n) is 11.2. The van der Waals surface area contributed by atoms with Crippen molar-refractivity contribution in [3.63, 3.8) is 0 Å². The molecule has 0 heterocycles. The van der Waals surface area contributed by atoms with E-state index >= 15 is 0 Å². The number of carboxylic acid groups (broad SMARTS) is 1. The maximum atomic E-state index is 12.6. The Balaban J connectivity index is 1.39. The van der Waals surface area contributed by atoms with Crippen LogP contribution in [0.5, 0.6) is 0 Å². The molecule has 35 heavy (non-hydrogen) atoms. The second kappa shape index (κ2) is 10.3. The van der Waals surface area contributed by atoms with E-state index in [-0.39, 0.29) is 25.0 Å². The van der Waals surface area contributed by atoms with Crippen LogP contribution in [0.4, 0.5) is 10.5 Å². The van der Waals surface area contributed by atoms with Crippen molar-refractivity contribution in [2.75, 3.05) is 25.5 Å². The number of anilines is 1. The van der Waals surface area contributed by atoms with Crippen LogP contribution in [-0.2, 0) is 9.53 Å². The summed E-state index contributed by atoms with van der Waals surface area (Å²) in [6, 6.07) is 21.0. The first-order chi connectivity index (χ1) is 16.8. The van der Waals surface area contributed by atoms with Crippen LogP contribution >= 0.6 is 15.9 Å². The molecule has 1 unspecified atom stereocenters. The monoisotopic (exact) mass is 536 g/mol. The standard InChI is InChI=1S/C27H25BrN2O5/c1-16(26(32)33)14-30(2)25(31)17-11-12-24(23(28)13-17)29-27(34)35-15-22-20-9-5-3-7-18(20)19-8-4-6-10-21(19)22/h3-13,16,22H,14-15H2,1-2H3,(H,29,34)(H,32,33). The van der Waals surface area contributed by atoms with E-state index in [1.807, 2.05) is 24.3 Å². The average Bonchev–Trinajstić information content (AvgIpc) is 3.17. The van der Waals surface area contributed by atoms with Crippen molar-refractivity contribution < 1.29 is 24.2 Å². The second-order valence-electron chi connectivity index (χ2n) is 8.57. The van der Waals surface area contributed by atoms with E-state index in [2.05, 4.69) is 45.5 Å². The number of rotatable bonds is 7. The van der Waals surface area contributed by atoms with E-state index in [0.29, 0.717) is 15.7 Å². The molecule has 4 rings (SSSR count). The van der Waals surface area contributed by atoms with Gasteiger partial charge in [0.05, 0.1) is 11.6 Å². The first-order valence-corrected chi connectivity index (χ1v) is 12.0. The summed E-state index contributed by atoms with van der Waals surface area (Å²) in [5.74, 6) is -2.00. The summed E-state index contributed by atoms with van der Waals surface area (Å²) in [6.45, 7) is 1.83. The number of nitrogens with zero attached hydrogens (tertiary/aromatic N) is 1. The number of amides is 2. The summed E-state index contributed by atoms with van der Waals surface area (Å²) in [6.07, 6.45) is -0.598. The lowest BCUT2D eigenvalue weighted by Crippen LogP contribution is -2.33. The van der Waals surface area contributed by atoms with Crippen molar-refractivity contribution in [3.8, 4) is 11.1 Å². The van der Waals surface area contributed by atoms with Crippen LogP contribution in [0.25, 0.3) is 11.1 Å². The van der Waals surface area contributed by atoms with E-state index in [0.717, 1.165) is 22.3 Å². The molecule has 3 aromatic carbocycles.